The van der Waals surface area contributed by atoms with Gasteiger partial charge < -0.3 is 10.1 Å². The fraction of sp³-hybridized carbons (Fsp3) is 0.385. The molecule has 0 fully saturated rings. The van der Waals surface area contributed by atoms with Crippen molar-refractivity contribution in [3.05, 3.63) is 29.8 Å². The molecule has 0 radical (unpaired) electrons. The zero-order valence-corrected chi connectivity index (χ0v) is 11.3. The van der Waals surface area contributed by atoms with Gasteiger partial charge in [0.1, 0.15) is 17.3 Å². The van der Waals surface area contributed by atoms with Crippen molar-refractivity contribution in [1.29, 1.82) is 0 Å². The third-order valence-corrected chi connectivity index (χ3v) is 2.43. The molecule has 2 aromatic heterocycles. The predicted octanol–water partition coefficient (Wildman–Crippen LogP) is 1.82. The maximum Gasteiger partial charge on any atom is 0.180 e. The molecule has 0 bridgehead atoms. The molecular weight excluding hydrogens is 242 g/mol. The zero-order valence-electron chi connectivity index (χ0n) is 11.3. The van der Waals surface area contributed by atoms with Gasteiger partial charge in [-0.05, 0) is 19.9 Å². The largest absolute Gasteiger partial charge is 0.378 e. The smallest absolute Gasteiger partial charge is 0.180 e. The van der Waals surface area contributed by atoms with Crippen molar-refractivity contribution in [3.8, 4) is 11.5 Å². The maximum atomic E-state index is 5.12. The second-order valence-corrected chi connectivity index (χ2v) is 4.02. The Labute approximate surface area is 112 Å². The van der Waals surface area contributed by atoms with Crippen molar-refractivity contribution < 1.29 is 4.74 Å². The first-order chi connectivity index (χ1) is 9.22. The Morgan fingerprint density at radius 2 is 2.11 bits per heavy atom. The fourth-order valence-corrected chi connectivity index (χ4v) is 1.69. The molecule has 2 heterocycles. The van der Waals surface area contributed by atoms with E-state index in [0.29, 0.717) is 23.9 Å². The number of anilines is 1. The average Bonchev–Trinajstić information content (AvgIpc) is 2.39. The average molecular weight is 259 g/mol. The first-order valence-electron chi connectivity index (χ1n) is 6.13. The Balaban J connectivity index is 2.43. The van der Waals surface area contributed by atoms with Gasteiger partial charge in [-0.1, -0.05) is 0 Å². The zero-order chi connectivity index (χ0) is 13.7. The number of nitrogens with one attached hydrogen (secondary N) is 1. The third-order valence-electron chi connectivity index (χ3n) is 2.43. The Bertz CT molecular complexity index is 534. The van der Waals surface area contributed by atoms with E-state index in [9.17, 15) is 0 Å². The number of aryl methyl sites for hydroxylation is 1. The lowest BCUT2D eigenvalue weighted by molar-refractivity contribution is 0.181. The minimum atomic E-state index is 0.442. The van der Waals surface area contributed by atoms with Crippen LogP contribution in [0.15, 0.2) is 18.3 Å². The summed E-state index contributed by atoms with van der Waals surface area (Å²) in [4.78, 5) is 17.3. The van der Waals surface area contributed by atoms with Crippen LogP contribution >= 0.6 is 0 Å². The summed E-state index contributed by atoms with van der Waals surface area (Å²) < 4.78 is 5.12. The van der Waals surface area contributed by atoms with E-state index < -0.39 is 0 Å². The Morgan fingerprint density at radius 3 is 2.79 bits per heavy atom. The molecule has 100 valence electrons. The molecule has 1 N–H and O–H groups in total. The summed E-state index contributed by atoms with van der Waals surface area (Å²) in [6.45, 7) is 5.10. The number of hydrogen-bond donors (Lipinski definition) is 1. The Morgan fingerprint density at radius 1 is 1.26 bits per heavy atom. The van der Waals surface area contributed by atoms with Crippen molar-refractivity contribution in [2.45, 2.75) is 20.5 Å². The molecule has 0 amide bonds. The highest BCUT2D eigenvalue weighted by Gasteiger charge is 2.08. The van der Waals surface area contributed by atoms with E-state index in [0.717, 1.165) is 18.1 Å². The summed E-state index contributed by atoms with van der Waals surface area (Å²) in [5, 5.41) is 3.18. The molecule has 2 rings (SSSR count). The Hall–Kier alpha value is -2.08. The van der Waals surface area contributed by atoms with Gasteiger partial charge in [0.25, 0.3) is 0 Å². The van der Waals surface area contributed by atoms with Crippen LogP contribution in [0.2, 0.25) is 0 Å². The Kier molecular flexibility index (Phi) is 4.35. The number of nitrogens with zero attached hydrogens (tertiary/aromatic N) is 4. The van der Waals surface area contributed by atoms with Crippen LogP contribution < -0.4 is 5.32 Å². The van der Waals surface area contributed by atoms with E-state index in [1.807, 2.05) is 19.9 Å². The van der Waals surface area contributed by atoms with E-state index >= 15 is 0 Å². The van der Waals surface area contributed by atoms with Crippen molar-refractivity contribution >= 4 is 5.82 Å². The number of rotatable bonds is 5. The van der Waals surface area contributed by atoms with Gasteiger partial charge in [0.15, 0.2) is 5.82 Å². The van der Waals surface area contributed by atoms with Crippen LogP contribution in [0.5, 0.6) is 0 Å². The number of ether oxygens (including phenoxy) is 1. The SMILES string of the molecule is CCNc1cc(COC)nc(-c2ccnc(C)n2)n1. The van der Waals surface area contributed by atoms with Gasteiger partial charge in [0.2, 0.25) is 0 Å². The molecule has 6 nitrogen and oxygen atoms in total. The highest BCUT2D eigenvalue weighted by molar-refractivity contribution is 5.52. The third kappa shape index (κ3) is 3.45. The van der Waals surface area contributed by atoms with E-state index in [1.54, 1.807) is 19.4 Å². The van der Waals surface area contributed by atoms with Gasteiger partial charge in [-0.25, -0.2) is 19.9 Å². The quantitative estimate of drug-likeness (QED) is 0.883. The van der Waals surface area contributed by atoms with Crippen LogP contribution in [0.25, 0.3) is 11.5 Å². The van der Waals surface area contributed by atoms with Gasteiger partial charge >= 0.3 is 0 Å². The molecule has 2 aromatic rings. The van der Waals surface area contributed by atoms with Crippen LogP contribution in [-0.2, 0) is 11.3 Å². The van der Waals surface area contributed by atoms with Gasteiger partial charge in [0.05, 0.1) is 12.3 Å². The van der Waals surface area contributed by atoms with Crippen molar-refractivity contribution in [2.24, 2.45) is 0 Å². The van der Waals surface area contributed by atoms with E-state index in [-0.39, 0.29) is 0 Å². The summed E-state index contributed by atoms with van der Waals surface area (Å²) >= 11 is 0. The summed E-state index contributed by atoms with van der Waals surface area (Å²) in [7, 11) is 1.64. The van der Waals surface area contributed by atoms with Crippen LogP contribution in [0.3, 0.4) is 0 Å². The molecule has 0 unspecified atom stereocenters. The molecule has 0 atom stereocenters. The second-order valence-electron chi connectivity index (χ2n) is 4.02. The predicted molar refractivity (Wildman–Crippen MR) is 72.7 cm³/mol. The molecule has 0 saturated heterocycles. The van der Waals surface area contributed by atoms with Gasteiger partial charge in [-0.2, -0.15) is 0 Å². The van der Waals surface area contributed by atoms with Crippen LogP contribution in [0, 0.1) is 6.92 Å². The summed E-state index contributed by atoms with van der Waals surface area (Å²) in [5.41, 5.74) is 1.53. The molecule has 0 saturated carbocycles. The van der Waals surface area contributed by atoms with E-state index in [1.165, 1.54) is 0 Å². The van der Waals surface area contributed by atoms with Gasteiger partial charge in [0, 0.05) is 25.9 Å². The van der Waals surface area contributed by atoms with Crippen molar-refractivity contribution in [3.63, 3.8) is 0 Å². The minimum absolute atomic E-state index is 0.442. The van der Waals surface area contributed by atoms with E-state index in [4.69, 9.17) is 4.74 Å². The van der Waals surface area contributed by atoms with Crippen molar-refractivity contribution in [2.75, 3.05) is 19.0 Å². The molecule has 19 heavy (non-hydrogen) atoms. The van der Waals surface area contributed by atoms with Crippen molar-refractivity contribution in [1.82, 2.24) is 19.9 Å². The lowest BCUT2D eigenvalue weighted by Crippen LogP contribution is -2.05. The molecule has 0 aromatic carbocycles. The highest BCUT2D eigenvalue weighted by Crippen LogP contribution is 2.16. The van der Waals surface area contributed by atoms with Gasteiger partial charge in [-0.15, -0.1) is 0 Å². The van der Waals surface area contributed by atoms with Crippen LogP contribution in [0.1, 0.15) is 18.4 Å². The highest BCUT2D eigenvalue weighted by atomic mass is 16.5. The molecule has 0 aliphatic heterocycles. The summed E-state index contributed by atoms with van der Waals surface area (Å²) in [6, 6.07) is 3.68. The van der Waals surface area contributed by atoms with Crippen LogP contribution in [-0.4, -0.2) is 33.6 Å². The minimum Gasteiger partial charge on any atom is -0.378 e. The normalized spacial score (nSPS) is 10.5. The number of methoxy groups -OCH3 is 1. The number of aromatic nitrogens is 4. The molecule has 0 aliphatic carbocycles. The maximum absolute atomic E-state index is 5.12. The second kappa shape index (κ2) is 6.19. The number of hydrogen-bond acceptors (Lipinski definition) is 6. The monoisotopic (exact) mass is 259 g/mol. The first-order valence-corrected chi connectivity index (χ1v) is 6.13. The molecule has 0 spiro atoms. The fourth-order valence-electron chi connectivity index (χ4n) is 1.69. The molecule has 6 heteroatoms. The van der Waals surface area contributed by atoms with Crippen LogP contribution in [0.4, 0.5) is 5.82 Å². The standard InChI is InChI=1S/C13H17N5O/c1-4-14-12-7-10(8-19-3)17-13(18-12)11-5-6-15-9(2)16-11/h5-7H,4,8H2,1-3H3,(H,14,17,18). The van der Waals surface area contributed by atoms with Gasteiger partial charge in [-0.3, -0.25) is 0 Å². The lowest BCUT2D eigenvalue weighted by Gasteiger charge is -2.08. The topological polar surface area (TPSA) is 72.8 Å². The summed E-state index contributed by atoms with van der Waals surface area (Å²) in [5.74, 6) is 2.05. The van der Waals surface area contributed by atoms with E-state index in [2.05, 4.69) is 25.3 Å². The first kappa shape index (κ1) is 13.4. The molecular formula is C13H17N5O. The summed E-state index contributed by atoms with van der Waals surface area (Å²) in [6.07, 6.45) is 1.71. The molecule has 0 aliphatic rings. The lowest BCUT2D eigenvalue weighted by atomic mass is 10.3.